The molecule has 1 aliphatic carbocycles. The molecule has 0 bridgehead atoms. The van der Waals surface area contributed by atoms with Crippen molar-refractivity contribution in [2.45, 2.75) is 25.7 Å². The average molecular weight is 377 g/mol. The van der Waals surface area contributed by atoms with Crippen molar-refractivity contribution in [3.63, 3.8) is 0 Å². The van der Waals surface area contributed by atoms with E-state index in [4.69, 9.17) is 27.9 Å². The number of carbonyl (C=O) groups is 1. The van der Waals surface area contributed by atoms with Crippen LogP contribution in [0, 0.1) is 17.2 Å². The van der Waals surface area contributed by atoms with Crippen molar-refractivity contribution in [1.29, 1.82) is 5.26 Å². The highest BCUT2D eigenvalue weighted by Crippen LogP contribution is 2.50. The van der Waals surface area contributed by atoms with Crippen LogP contribution in [0.4, 0.5) is 0 Å². The number of halogens is 2. The Kier molecular flexibility index (Phi) is 4.81. The molecular weight excluding hydrogens is 359 g/mol. The van der Waals surface area contributed by atoms with Crippen LogP contribution < -0.4 is 0 Å². The summed E-state index contributed by atoms with van der Waals surface area (Å²) in [5, 5.41) is 10.7. The van der Waals surface area contributed by atoms with E-state index in [9.17, 15) is 10.1 Å². The molecule has 1 aromatic rings. The highest BCUT2D eigenvalue weighted by Gasteiger charge is 2.43. The topological polar surface area (TPSA) is 53.3 Å². The predicted molar refractivity (Wildman–Crippen MR) is 97.0 cm³/mol. The molecule has 4 nitrogen and oxygen atoms in total. The van der Waals surface area contributed by atoms with Crippen molar-refractivity contribution in [3.05, 3.63) is 56.3 Å². The molecule has 1 atom stereocenters. The second kappa shape index (κ2) is 6.74. The Morgan fingerprint density at radius 1 is 1.36 bits per heavy atom. The normalized spacial score (nSPS) is 20.6. The summed E-state index contributed by atoms with van der Waals surface area (Å²) in [6, 6.07) is 7.40. The first-order valence-electron chi connectivity index (χ1n) is 8.02. The second-order valence-corrected chi connectivity index (χ2v) is 7.18. The highest BCUT2D eigenvalue weighted by atomic mass is 35.5. The van der Waals surface area contributed by atoms with E-state index in [1.807, 2.05) is 18.9 Å². The smallest absolute Gasteiger partial charge is 0.336 e. The molecule has 0 spiro atoms. The molecule has 0 radical (unpaired) electrons. The van der Waals surface area contributed by atoms with Gasteiger partial charge in [-0.3, -0.25) is 0 Å². The first-order valence-corrected chi connectivity index (χ1v) is 8.78. The van der Waals surface area contributed by atoms with Crippen molar-refractivity contribution in [3.8, 4) is 6.07 Å². The van der Waals surface area contributed by atoms with E-state index >= 15 is 0 Å². The fourth-order valence-corrected chi connectivity index (χ4v) is 3.94. The van der Waals surface area contributed by atoms with Gasteiger partial charge in [0.1, 0.15) is 0 Å². The van der Waals surface area contributed by atoms with Crippen molar-refractivity contribution in [2.75, 3.05) is 14.2 Å². The molecule has 2 aliphatic rings. The number of nitrogens with zero attached hydrogens (tertiary/aromatic N) is 2. The van der Waals surface area contributed by atoms with E-state index in [0.717, 1.165) is 24.2 Å². The zero-order valence-corrected chi connectivity index (χ0v) is 15.8. The lowest BCUT2D eigenvalue weighted by Gasteiger charge is -2.36. The van der Waals surface area contributed by atoms with E-state index in [1.54, 1.807) is 18.2 Å². The average Bonchev–Trinajstić information content (AvgIpc) is 3.41. The van der Waals surface area contributed by atoms with Gasteiger partial charge in [-0.05, 0) is 43.4 Å². The van der Waals surface area contributed by atoms with Crippen LogP contribution in [0.3, 0.4) is 0 Å². The highest BCUT2D eigenvalue weighted by molar-refractivity contribution is 6.35. The largest absolute Gasteiger partial charge is 0.466 e. The lowest BCUT2D eigenvalue weighted by atomic mass is 9.79. The molecule has 0 amide bonds. The molecule has 3 rings (SSSR count). The summed E-state index contributed by atoms with van der Waals surface area (Å²) in [5.74, 6) is -0.665. The van der Waals surface area contributed by atoms with E-state index in [-0.39, 0.29) is 0 Å². The molecular formula is C19H18Cl2N2O2. The van der Waals surface area contributed by atoms with Crippen molar-refractivity contribution >= 4 is 29.2 Å². The zero-order valence-electron chi connectivity index (χ0n) is 14.3. The SMILES string of the molecule is COC(=O)C1=C(C2CC2)N(C)C(C)=C(C#N)C1c1ccc(Cl)cc1Cl. The van der Waals surface area contributed by atoms with Crippen LogP contribution >= 0.6 is 23.2 Å². The number of ether oxygens (including phenoxy) is 1. The summed E-state index contributed by atoms with van der Waals surface area (Å²) in [6.45, 7) is 1.89. The molecule has 1 aliphatic heterocycles. The van der Waals surface area contributed by atoms with Crippen LogP contribution in [0.2, 0.25) is 10.0 Å². The van der Waals surface area contributed by atoms with Gasteiger partial charge in [-0.2, -0.15) is 5.26 Å². The van der Waals surface area contributed by atoms with Crippen LogP contribution in [-0.4, -0.2) is 25.0 Å². The zero-order chi connectivity index (χ0) is 18.3. The number of hydrogen-bond donors (Lipinski definition) is 0. The third-order valence-electron chi connectivity index (χ3n) is 4.87. The fraction of sp³-hybridized carbons (Fsp3) is 0.368. The molecule has 1 heterocycles. The Morgan fingerprint density at radius 2 is 2.04 bits per heavy atom. The molecule has 0 aromatic heterocycles. The number of nitriles is 1. The van der Waals surface area contributed by atoms with Gasteiger partial charge in [0.2, 0.25) is 0 Å². The maximum atomic E-state index is 12.7. The standard InChI is InChI=1S/C19H18Cl2N2O2/c1-10-14(9-22)16(13-7-6-12(20)8-15(13)21)17(19(24)25-3)18(23(10)2)11-4-5-11/h6-8,11,16H,4-5H2,1-3H3. The lowest BCUT2D eigenvalue weighted by molar-refractivity contribution is -0.136. The number of esters is 1. The molecule has 1 saturated carbocycles. The Bertz CT molecular complexity index is 847. The molecule has 1 aromatic carbocycles. The minimum Gasteiger partial charge on any atom is -0.466 e. The van der Waals surface area contributed by atoms with Crippen LogP contribution in [0.15, 0.2) is 40.7 Å². The van der Waals surface area contributed by atoms with Gasteiger partial charge in [0.05, 0.1) is 30.2 Å². The van der Waals surface area contributed by atoms with Gasteiger partial charge >= 0.3 is 5.97 Å². The van der Waals surface area contributed by atoms with Crippen LogP contribution in [-0.2, 0) is 9.53 Å². The van der Waals surface area contributed by atoms with E-state index in [0.29, 0.717) is 32.7 Å². The van der Waals surface area contributed by atoms with Crippen LogP contribution in [0.5, 0.6) is 0 Å². The monoisotopic (exact) mass is 376 g/mol. The number of hydrogen-bond acceptors (Lipinski definition) is 4. The van der Waals surface area contributed by atoms with Gasteiger partial charge in [-0.25, -0.2) is 4.79 Å². The van der Waals surface area contributed by atoms with Gasteiger partial charge in [0, 0.05) is 28.5 Å². The molecule has 1 unspecified atom stereocenters. The van der Waals surface area contributed by atoms with Crippen molar-refractivity contribution in [1.82, 2.24) is 4.90 Å². The van der Waals surface area contributed by atoms with Gasteiger partial charge in [-0.15, -0.1) is 0 Å². The Labute approximate surface area is 157 Å². The molecule has 130 valence electrons. The molecule has 25 heavy (non-hydrogen) atoms. The summed E-state index contributed by atoms with van der Waals surface area (Å²) in [6.07, 6.45) is 2.05. The van der Waals surface area contributed by atoms with Gasteiger partial charge in [0.15, 0.2) is 0 Å². The summed E-state index contributed by atoms with van der Waals surface area (Å²) in [7, 11) is 3.25. The first kappa shape index (κ1) is 17.8. The van der Waals surface area contributed by atoms with Gasteiger partial charge in [0.25, 0.3) is 0 Å². The number of methoxy groups -OCH3 is 1. The van der Waals surface area contributed by atoms with Crippen LogP contribution in [0.25, 0.3) is 0 Å². The second-order valence-electron chi connectivity index (χ2n) is 6.33. The summed E-state index contributed by atoms with van der Waals surface area (Å²) in [5.41, 5.74) is 3.44. The molecule has 6 heteroatoms. The molecule has 0 N–H and O–H groups in total. The Balaban J connectivity index is 2.29. The number of benzene rings is 1. The van der Waals surface area contributed by atoms with E-state index < -0.39 is 11.9 Å². The maximum absolute atomic E-state index is 12.7. The first-order chi connectivity index (χ1) is 11.9. The fourth-order valence-electron chi connectivity index (χ4n) is 3.42. The minimum absolute atomic E-state index is 0.308. The van der Waals surface area contributed by atoms with E-state index in [1.165, 1.54) is 7.11 Å². The maximum Gasteiger partial charge on any atom is 0.336 e. The van der Waals surface area contributed by atoms with Crippen LogP contribution in [0.1, 0.15) is 31.2 Å². The summed E-state index contributed by atoms with van der Waals surface area (Å²) >= 11 is 12.4. The summed E-state index contributed by atoms with van der Waals surface area (Å²) < 4.78 is 5.07. The van der Waals surface area contributed by atoms with E-state index in [2.05, 4.69) is 6.07 Å². The van der Waals surface area contributed by atoms with Gasteiger partial charge < -0.3 is 9.64 Å². The Morgan fingerprint density at radius 3 is 2.56 bits per heavy atom. The number of rotatable bonds is 3. The lowest BCUT2D eigenvalue weighted by Crippen LogP contribution is -2.32. The minimum atomic E-state index is -0.547. The van der Waals surface area contributed by atoms with Crippen molar-refractivity contribution < 1.29 is 9.53 Å². The molecule has 0 saturated heterocycles. The summed E-state index contributed by atoms with van der Waals surface area (Å²) in [4.78, 5) is 14.6. The third kappa shape index (κ3) is 3.03. The predicted octanol–water partition coefficient (Wildman–Crippen LogP) is 4.66. The third-order valence-corrected chi connectivity index (χ3v) is 5.43. The molecule has 1 fully saturated rings. The number of carbonyl (C=O) groups excluding carboxylic acids is 1. The quantitative estimate of drug-likeness (QED) is 0.719. The Hall–Kier alpha value is -1.96. The van der Waals surface area contributed by atoms with Gasteiger partial charge in [-0.1, -0.05) is 29.3 Å². The van der Waals surface area contributed by atoms with Crippen molar-refractivity contribution in [2.24, 2.45) is 5.92 Å². The number of allylic oxidation sites excluding steroid dienone is 3.